The lowest BCUT2D eigenvalue weighted by Crippen LogP contribution is -2.40. The number of aryl methyl sites for hydroxylation is 3. The number of rotatable bonds is 7. The first-order valence-electron chi connectivity index (χ1n) is 9.01. The van der Waals surface area contributed by atoms with Gasteiger partial charge in [0.1, 0.15) is 30.1 Å². The number of nitrogens with zero attached hydrogens (tertiary/aromatic N) is 4. The van der Waals surface area contributed by atoms with Crippen LogP contribution in [0.1, 0.15) is 30.1 Å². The Balaban J connectivity index is 1.52. The smallest absolute Gasteiger partial charge is 0.147 e. The summed E-state index contributed by atoms with van der Waals surface area (Å²) in [4.78, 5) is 6.72. The third-order valence-corrected chi connectivity index (χ3v) is 4.82. The Morgan fingerprint density at radius 3 is 2.80 bits per heavy atom. The Hall–Kier alpha value is -1.92. The van der Waals surface area contributed by atoms with Gasteiger partial charge >= 0.3 is 0 Å². The minimum atomic E-state index is -0.501. The van der Waals surface area contributed by atoms with Crippen LogP contribution in [0.25, 0.3) is 0 Å². The highest BCUT2D eigenvalue weighted by Crippen LogP contribution is 2.20. The molecule has 2 aromatic rings. The van der Waals surface area contributed by atoms with Crippen molar-refractivity contribution in [2.75, 3.05) is 19.7 Å². The van der Waals surface area contributed by atoms with Gasteiger partial charge in [0.15, 0.2) is 0 Å². The first-order chi connectivity index (χ1) is 12.0. The van der Waals surface area contributed by atoms with Crippen LogP contribution in [0.2, 0.25) is 0 Å². The molecule has 0 unspecified atom stereocenters. The fraction of sp³-hybridized carbons (Fsp3) is 0.579. The quantitative estimate of drug-likeness (QED) is 0.833. The Bertz CT molecular complexity index is 700. The third kappa shape index (κ3) is 4.58. The summed E-state index contributed by atoms with van der Waals surface area (Å²) >= 11 is 0. The zero-order valence-electron chi connectivity index (χ0n) is 15.4. The molecule has 1 aliphatic heterocycles. The summed E-state index contributed by atoms with van der Waals surface area (Å²) in [6, 6.07) is 8.29. The van der Waals surface area contributed by atoms with Crippen LogP contribution in [0.15, 0.2) is 24.3 Å². The molecule has 0 bridgehead atoms. The van der Waals surface area contributed by atoms with Gasteiger partial charge in [-0.25, -0.2) is 9.67 Å². The summed E-state index contributed by atoms with van der Waals surface area (Å²) in [6.07, 6.45) is 1.78. The molecule has 1 saturated heterocycles. The molecule has 6 heteroatoms. The molecule has 1 N–H and O–H groups in total. The number of aromatic nitrogens is 3. The predicted molar refractivity (Wildman–Crippen MR) is 96.8 cm³/mol. The van der Waals surface area contributed by atoms with Crippen molar-refractivity contribution in [2.45, 2.75) is 52.3 Å². The molecule has 1 fully saturated rings. The monoisotopic (exact) mass is 344 g/mol. The number of hydrogen-bond acceptors (Lipinski definition) is 5. The highest BCUT2D eigenvalue weighted by molar-refractivity contribution is 5.31. The topological polar surface area (TPSA) is 63.4 Å². The van der Waals surface area contributed by atoms with Gasteiger partial charge in [0.25, 0.3) is 0 Å². The maximum atomic E-state index is 10.4. The Labute approximate surface area is 149 Å². The van der Waals surface area contributed by atoms with Crippen LogP contribution in [0, 0.1) is 20.8 Å². The highest BCUT2D eigenvalue weighted by atomic mass is 16.5. The van der Waals surface area contributed by atoms with E-state index in [2.05, 4.69) is 15.0 Å². The first-order valence-corrected chi connectivity index (χ1v) is 9.01. The van der Waals surface area contributed by atoms with E-state index in [4.69, 9.17) is 4.74 Å². The van der Waals surface area contributed by atoms with E-state index >= 15 is 0 Å². The molecule has 2 heterocycles. The summed E-state index contributed by atoms with van der Waals surface area (Å²) in [5.74, 6) is 2.61. The number of likely N-dealkylation sites (tertiary alicyclic amines) is 1. The minimum Gasteiger partial charge on any atom is -0.491 e. The number of benzene rings is 1. The summed E-state index contributed by atoms with van der Waals surface area (Å²) in [6.45, 7) is 8.71. The van der Waals surface area contributed by atoms with Gasteiger partial charge in [0.2, 0.25) is 0 Å². The van der Waals surface area contributed by atoms with Crippen molar-refractivity contribution in [2.24, 2.45) is 0 Å². The van der Waals surface area contributed by atoms with Gasteiger partial charge in [-0.3, -0.25) is 4.90 Å². The maximum absolute atomic E-state index is 10.4. The average Bonchev–Trinajstić information content (AvgIpc) is 3.13. The van der Waals surface area contributed by atoms with Crippen molar-refractivity contribution in [1.29, 1.82) is 0 Å². The number of ether oxygens (including phenoxy) is 1. The maximum Gasteiger partial charge on any atom is 0.147 e. The first kappa shape index (κ1) is 17.9. The summed E-state index contributed by atoms with van der Waals surface area (Å²) in [5, 5.41) is 14.9. The number of hydrogen-bond donors (Lipinski definition) is 1. The van der Waals surface area contributed by atoms with Gasteiger partial charge in [0.05, 0.1) is 6.54 Å². The predicted octanol–water partition coefficient (Wildman–Crippen LogP) is 2.11. The average molecular weight is 344 g/mol. The van der Waals surface area contributed by atoms with E-state index in [1.807, 2.05) is 49.7 Å². The number of β-amino-alcohol motifs (C(OH)–C–C–N with tert-alkyl or cyclic N) is 1. The van der Waals surface area contributed by atoms with E-state index in [9.17, 15) is 5.11 Å². The summed E-state index contributed by atoms with van der Waals surface area (Å²) in [5.41, 5.74) is 1.09. The normalized spacial score (nSPS) is 19.3. The lowest BCUT2D eigenvalue weighted by Gasteiger charge is -2.27. The molecule has 1 aromatic carbocycles. The van der Waals surface area contributed by atoms with Gasteiger partial charge in [-0.2, -0.15) is 5.10 Å². The van der Waals surface area contributed by atoms with Crippen molar-refractivity contribution in [3.05, 3.63) is 41.5 Å². The van der Waals surface area contributed by atoms with Gasteiger partial charge < -0.3 is 9.84 Å². The number of aliphatic hydroxyl groups is 1. The van der Waals surface area contributed by atoms with Crippen LogP contribution in [-0.4, -0.2) is 56.6 Å². The largest absolute Gasteiger partial charge is 0.491 e. The highest BCUT2D eigenvalue weighted by Gasteiger charge is 2.27. The third-order valence-electron chi connectivity index (χ3n) is 4.82. The van der Waals surface area contributed by atoms with E-state index < -0.39 is 6.10 Å². The molecule has 0 saturated carbocycles. The second kappa shape index (κ2) is 7.97. The van der Waals surface area contributed by atoms with Crippen molar-refractivity contribution in [3.63, 3.8) is 0 Å². The summed E-state index contributed by atoms with van der Waals surface area (Å²) in [7, 11) is 0. The fourth-order valence-corrected chi connectivity index (χ4v) is 3.50. The van der Waals surface area contributed by atoms with E-state index in [1.54, 1.807) is 0 Å². The van der Waals surface area contributed by atoms with Crippen LogP contribution in [0.4, 0.5) is 0 Å². The van der Waals surface area contributed by atoms with Crippen LogP contribution < -0.4 is 4.74 Å². The molecule has 0 amide bonds. The van der Waals surface area contributed by atoms with Crippen LogP contribution in [-0.2, 0) is 6.54 Å². The molecule has 0 aliphatic carbocycles. The van der Waals surface area contributed by atoms with Gasteiger partial charge in [-0.05, 0) is 51.8 Å². The number of aliphatic hydroxyl groups excluding tert-OH is 1. The standard InChI is InChI=1S/C19H28N4O2/c1-14-7-4-5-9-19(14)25-13-18(24)12-22-10-6-8-17(22)11-23-16(3)20-15(2)21-23/h4-5,7,9,17-18,24H,6,8,10-13H2,1-3H3/t17-,18+/m0/s1. The van der Waals surface area contributed by atoms with Gasteiger partial charge in [-0.1, -0.05) is 18.2 Å². The van der Waals surface area contributed by atoms with Gasteiger partial charge in [0, 0.05) is 12.6 Å². The molecule has 1 aliphatic rings. The summed E-state index contributed by atoms with van der Waals surface area (Å²) < 4.78 is 7.76. The molecular weight excluding hydrogens is 316 g/mol. The van der Waals surface area contributed by atoms with Crippen molar-refractivity contribution >= 4 is 0 Å². The molecule has 6 nitrogen and oxygen atoms in total. The SMILES string of the molecule is Cc1nc(C)n(C[C@@H]2CCCN2C[C@@H](O)COc2ccccc2C)n1. The van der Waals surface area contributed by atoms with Gasteiger partial charge in [-0.15, -0.1) is 0 Å². The lowest BCUT2D eigenvalue weighted by molar-refractivity contribution is 0.0606. The fourth-order valence-electron chi connectivity index (χ4n) is 3.50. The van der Waals surface area contributed by atoms with E-state index in [-0.39, 0.29) is 0 Å². The molecule has 2 atom stereocenters. The minimum absolute atomic E-state index is 0.315. The molecule has 136 valence electrons. The Kier molecular flexibility index (Phi) is 5.71. The second-order valence-corrected chi connectivity index (χ2v) is 6.91. The van der Waals surface area contributed by atoms with Crippen LogP contribution >= 0.6 is 0 Å². The molecular formula is C19H28N4O2. The molecule has 3 rings (SSSR count). The van der Waals surface area contributed by atoms with Crippen LogP contribution in [0.3, 0.4) is 0 Å². The Morgan fingerprint density at radius 1 is 1.28 bits per heavy atom. The number of para-hydroxylation sites is 1. The molecule has 1 aromatic heterocycles. The second-order valence-electron chi connectivity index (χ2n) is 6.91. The zero-order valence-corrected chi connectivity index (χ0v) is 15.4. The molecule has 0 spiro atoms. The molecule has 25 heavy (non-hydrogen) atoms. The van der Waals surface area contributed by atoms with Crippen molar-refractivity contribution < 1.29 is 9.84 Å². The lowest BCUT2D eigenvalue weighted by atomic mass is 10.2. The van der Waals surface area contributed by atoms with E-state index in [0.717, 1.165) is 48.9 Å². The zero-order chi connectivity index (χ0) is 17.8. The van der Waals surface area contributed by atoms with E-state index in [1.165, 1.54) is 0 Å². The van der Waals surface area contributed by atoms with Crippen molar-refractivity contribution in [3.8, 4) is 5.75 Å². The van der Waals surface area contributed by atoms with Crippen molar-refractivity contribution in [1.82, 2.24) is 19.7 Å². The van der Waals surface area contributed by atoms with Crippen LogP contribution in [0.5, 0.6) is 5.75 Å². The van der Waals surface area contributed by atoms with E-state index in [0.29, 0.717) is 19.2 Å². The molecule has 0 radical (unpaired) electrons. The Morgan fingerprint density at radius 2 is 2.08 bits per heavy atom.